The fraction of sp³-hybridized carbons (Fsp3) is 0.214. The molecule has 10 heteroatoms. The minimum Gasteiger partial charge on any atom is -0.254 e. The normalized spacial score (nSPS) is 13.8. The van der Waals surface area contributed by atoms with Crippen molar-refractivity contribution in [2.45, 2.75) is 23.0 Å². The van der Waals surface area contributed by atoms with Gasteiger partial charge >= 0.3 is 12.4 Å². The Morgan fingerprint density at radius 3 is 1.96 bits per heavy atom. The van der Waals surface area contributed by atoms with E-state index in [2.05, 4.69) is 4.98 Å². The van der Waals surface area contributed by atoms with Gasteiger partial charge in [0.25, 0.3) is 0 Å². The molecule has 1 unspecified atom stereocenters. The van der Waals surface area contributed by atoms with Crippen LogP contribution in [-0.2, 0) is 28.9 Å². The molecule has 0 N–H and O–H groups in total. The van der Waals surface area contributed by atoms with Crippen LogP contribution in [0.5, 0.6) is 0 Å². The van der Waals surface area contributed by atoms with Crippen LogP contribution < -0.4 is 0 Å². The Kier molecular flexibility index (Phi) is 5.24. The van der Waals surface area contributed by atoms with Crippen LogP contribution >= 0.6 is 11.6 Å². The molecule has 2 rings (SSSR count). The van der Waals surface area contributed by atoms with Crippen LogP contribution in [0.1, 0.15) is 16.7 Å². The van der Waals surface area contributed by atoms with Crippen molar-refractivity contribution in [2.24, 2.45) is 0 Å². The number of hydrogen-bond donors (Lipinski definition) is 0. The highest BCUT2D eigenvalue weighted by molar-refractivity contribution is 7.84. The molecule has 1 atom stereocenters. The number of benzene rings is 1. The van der Waals surface area contributed by atoms with Gasteiger partial charge in [0, 0.05) is 11.1 Å². The smallest absolute Gasteiger partial charge is 0.254 e. The van der Waals surface area contributed by atoms with Crippen molar-refractivity contribution in [3.05, 3.63) is 58.4 Å². The van der Waals surface area contributed by atoms with Crippen LogP contribution in [0.4, 0.5) is 26.3 Å². The summed E-state index contributed by atoms with van der Waals surface area (Å²) in [6.07, 6.45) is -8.68. The molecule has 0 fully saturated rings. The molecule has 0 amide bonds. The summed E-state index contributed by atoms with van der Waals surface area (Å²) in [7, 11) is -2.12. The summed E-state index contributed by atoms with van der Waals surface area (Å²) in [5.41, 5.74) is -2.64. The van der Waals surface area contributed by atoms with E-state index in [1.165, 1.54) is 18.3 Å². The fourth-order valence-electron chi connectivity index (χ4n) is 1.82. The number of nitrogens with zero attached hydrogens (tertiary/aromatic N) is 1. The minimum atomic E-state index is -4.99. The first-order chi connectivity index (χ1) is 11.0. The van der Waals surface area contributed by atoms with E-state index in [1.54, 1.807) is 0 Å². The molecule has 1 aromatic heterocycles. The zero-order valence-electron chi connectivity index (χ0n) is 11.6. The van der Waals surface area contributed by atoms with Gasteiger partial charge < -0.3 is 0 Å². The van der Waals surface area contributed by atoms with Crippen molar-refractivity contribution in [2.75, 3.05) is 0 Å². The summed E-state index contributed by atoms with van der Waals surface area (Å²) in [4.78, 5) is 3.12. The molecule has 0 radical (unpaired) electrons. The quantitative estimate of drug-likeness (QED) is 0.543. The lowest BCUT2D eigenvalue weighted by molar-refractivity contribution is -0.143. The standard InChI is InChI=1S/C14H8ClF6NOS/c15-12-3-8(1-2-22-12)7-24(23)11-5-9(13(16,17)18)4-10(6-11)14(19,20)21/h1-6H,7H2. The second-order valence-corrected chi connectivity index (χ2v) is 6.56. The van der Waals surface area contributed by atoms with Crippen molar-refractivity contribution in [1.82, 2.24) is 4.98 Å². The number of alkyl halides is 6. The van der Waals surface area contributed by atoms with Crippen molar-refractivity contribution in [3.63, 3.8) is 0 Å². The first-order valence-electron chi connectivity index (χ1n) is 6.25. The molecular weight excluding hydrogens is 380 g/mol. The zero-order chi connectivity index (χ0) is 18.1. The monoisotopic (exact) mass is 387 g/mol. The number of aromatic nitrogens is 1. The summed E-state index contributed by atoms with van der Waals surface area (Å²) >= 11 is 5.64. The van der Waals surface area contributed by atoms with E-state index in [0.29, 0.717) is 17.7 Å². The van der Waals surface area contributed by atoms with Gasteiger partial charge in [-0.05, 0) is 35.9 Å². The molecule has 1 heterocycles. The Labute approximate surface area is 139 Å². The lowest BCUT2D eigenvalue weighted by atomic mass is 10.1. The summed E-state index contributed by atoms with van der Waals surface area (Å²) < 4.78 is 88.9. The van der Waals surface area contributed by atoms with Crippen LogP contribution in [0.15, 0.2) is 41.4 Å². The molecule has 0 bridgehead atoms. The number of rotatable bonds is 3. The molecule has 2 aromatic rings. The Morgan fingerprint density at radius 1 is 0.958 bits per heavy atom. The zero-order valence-corrected chi connectivity index (χ0v) is 13.2. The molecule has 24 heavy (non-hydrogen) atoms. The van der Waals surface area contributed by atoms with Gasteiger partial charge in [0.15, 0.2) is 0 Å². The van der Waals surface area contributed by atoms with Crippen LogP contribution in [0.25, 0.3) is 0 Å². The lowest BCUT2D eigenvalue weighted by Gasteiger charge is -2.14. The third-order valence-corrected chi connectivity index (χ3v) is 4.48. The van der Waals surface area contributed by atoms with Gasteiger partial charge in [0.2, 0.25) is 0 Å². The molecule has 0 saturated carbocycles. The van der Waals surface area contributed by atoms with E-state index in [1.807, 2.05) is 0 Å². The maximum atomic E-state index is 12.8. The number of pyridine rings is 1. The molecule has 130 valence electrons. The second-order valence-electron chi connectivity index (χ2n) is 4.72. The Hall–Kier alpha value is -1.61. The number of hydrogen-bond acceptors (Lipinski definition) is 2. The van der Waals surface area contributed by atoms with Crippen molar-refractivity contribution in [3.8, 4) is 0 Å². The maximum absolute atomic E-state index is 12.8. The predicted molar refractivity (Wildman–Crippen MR) is 75.8 cm³/mol. The van der Waals surface area contributed by atoms with Gasteiger partial charge in [0.05, 0.1) is 27.7 Å². The molecule has 0 aliphatic rings. The van der Waals surface area contributed by atoms with Gasteiger partial charge in [-0.1, -0.05) is 11.6 Å². The van der Waals surface area contributed by atoms with E-state index < -0.39 is 39.2 Å². The van der Waals surface area contributed by atoms with Crippen molar-refractivity contribution >= 4 is 22.4 Å². The van der Waals surface area contributed by atoms with E-state index in [0.717, 1.165) is 0 Å². The first kappa shape index (κ1) is 18.7. The average molecular weight is 388 g/mol. The Morgan fingerprint density at radius 2 is 1.50 bits per heavy atom. The van der Waals surface area contributed by atoms with Gasteiger partial charge in [-0.15, -0.1) is 0 Å². The third-order valence-electron chi connectivity index (χ3n) is 2.91. The van der Waals surface area contributed by atoms with Crippen LogP contribution in [-0.4, -0.2) is 9.19 Å². The van der Waals surface area contributed by atoms with Crippen LogP contribution in [0.2, 0.25) is 5.15 Å². The first-order valence-corrected chi connectivity index (χ1v) is 7.95. The fourth-order valence-corrected chi connectivity index (χ4v) is 3.19. The lowest BCUT2D eigenvalue weighted by Crippen LogP contribution is -2.12. The van der Waals surface area contributed by atoms with Gasteiger partial charge in [-0.25, -0.2) is 4.98 Å². The molecule has 1 aromatic carbocycles. The largest absolute Gasteiger partial charge is 0.416 e. The minimum absolute atomic E-state index is 0.00992. The topological polar surface area (TPSA) is 30.0 Å². The van der Waals surface area contributed by atoms with Gasteiger partial charge in [-0.2, -0.15) is 26.3 Å². The highest BCUT2D eigenvalue weighted by Crippen LogP contribution is 2.37. The summed E-state index contributed by atoms with van der Waals surface area (Å²) in [5.74, 6) is -0.291. The molecule has 0 aliphatic carbocycles. The van der Waals surface area contributed by atoms with E-state index in [9.17, 15) is 30.6 Å². The van der Waals surface area contributed by atoms with Crippen molar-refractivity contribution < 1.29 is 30.6 Å². The van der Waals surface area contributed by atoms with E-state index in [-0.39, 0.29) is 17.0 Å². The average Bonchev–Trinajstić information content (AvgIpc) is 2.45. The predicted octanol–water partition coefficient (Wildman–Crippen LogP) is 5.08. The molecule has 0 saturated heterocycles. The van der Waals surface area contributed by atoms with Crippen molar-refractivity contribution in [1.29, 1.82) is 0 Å². The van der Waals surface area contributed by atoms with Gasteiger partial charge in [0.1, 0.15) is 5.15 Å². The summed E-state index contributed by atoms with van der Waals surface area (Å²) in [5, 5.41) is 0.0736. The van der Waals surface area contributed by atoms with E-state index >= 15 is 0 Å². The Balaban J connectivity index is 2.43. The maximum Gasteiger partial charge on any atom is 0.416 e. The third kappa shape index (κ3) is 4.70. The highest BCUT2D eigenvalue weighted by Gasteiger charge is 2.37. The Bertz CT molecular complexity index is 742. The summed E-state index contributed by atoms with van der Waals surface area (Å²) in [6.45, 7) is 0. The number of halogens is 7. The molecule has 0 aliphatic heterocycles. The summed E-state index contributed by atoms with van der Waals surface area (Å²) in [6, 6.07) is 3.64. The van der Waals surface area contributed by atoms with E-state index in [4.69, 9.17) is 11.6 Å². The molecule has 0 spiro atoms. The van der Waals surface area contributed by atoms with Gasteiger partial charge in [-0.3, -0.25) is 4.21 Å². The highest BCUT2D eigenvalue weighted by atomic mass is 35.5. The second kappa shape index (κ2) is 6.72. The molecular formula is C14H8ClF6NOS. The molecule has 2 nitrogen and oxygen atoms in total. The van der Waals surface area contributed by atoms with Crippen LogP contribution in [0, 0.1) is 0 Å². The van der Waals surface area contributed by atoms with Crippen LogP contribution in [0.3, 0.4) is 0 Å². The SMILES string of the molecule is O=S(Cc1ccnc(Cl)c1)c1cc(C(F)(F)F)cc(C(F)(F)F)c1.